The molecule has 0 radical (unpaired) electrons. The third-order valence-corrected chi connectivity index (χ3v) is 4.76. The molecular weight excluding hydrogens is 302 g/mol. The first-order chi connectivity index (χ1) is 11.4. The van der Waals surface area contributed by atoms with E-state index in [0.717, 1.165) is 37.7 Å². The number of carbonyl (C=O) groups excluding carboxylic acids is 2. The summed E-state index contributed by atoms with van der Waals surface area (Å²) in [7, 11) is 0. The molecule has 0 aliphatic heterocycles. The lowest BCUT2D eigenvalue weighted by Gasteiger charge is -2.37. The maximum atomic E-state index is 12.5. The molecule has 1 aliphatic carbocycles. The highest BCUT2D eigenvalue weighted by Crippen LogP contribution is 2.31. The Labute approximate surface area is 144 Å². The van der Waals surface area contributed by atoms with Crippen molar-refractivity contribution in [2.45, 2.75) is 58.0 Å². The lowest BCUT2D eigenvalue weighted by molar-refractivity contribution is -0.128. The summed E-state index contributed by atoms with van der Waals surface area (Å²) in [5.74, 6) is -0.199. The quantitative estimate of drug-likeness (QED) is 0.748. The topological polar surface area (TPSA) is 84.2 Å². The molecule has 5 nitrogen and oxygen atoms in total. The van der Waals surface area contributed by atoms with Crippen LogP contribution >= 0.6 is 0 Å². The summed E-state index contributed by atoms with van der Waals surface area (Å²) in [5, 5.41) is 5.84. The van der Waals surface area contributed by atoms with Crippen LogP contribution in [0.15, 0.2) is 24.3 Å². The number of benzene rings is 1. The minimum atomic E-state index is -0.426. The molecule has 0 saturated heterocycles. The summed E-state index contributed by atoms with van der Waals surface area (Å²) in [5.41, 5.74) is 7.40. The van der Waals surface area contributed by atoms with Crippen LogP contribution < -0.4 is 16.4 Å². The number of hydrogen-bond acceptors (Lipinski definition) is 3. The molecule has 132 valence electrons. The molecule has 0 spiro atoms. The van der Waals surface area contributed by atoms with Crippen LogP contribution in [-0.2, 0) is 11.3 Å². The molecule has 0 aromatic heterocycles. The molecule has 2 rings (SSSR count). The number of nitrogens with two attached hydrogens (primary N) is 1. The fourth-order valence-electron chi connectivity index (χ4n) is 3.26. The number of nitrogens with one attached hydrogen (secondary N) is 2. The van der Waals surface area contributed by atoms with E-state index >= 15 is 0 Å². The maximum absolute atomic E-state index is 12.5. The van der Waals surface area contributed by atoms with E-state index in [0.29, 0.717) is 18.7 Å². The van der Waals surface area contributed by atoms with Crippen LogP contribution in [0.5, 0.6) is 0 Å². The maximum Gasteiger partial charge on any atom is 0.251 e. The minimum absolute atomic E-state index is 0.0144. The number of rotatable bonds is 6. The molecule has 5 heteroatoms. The fraction of sp³-hybridized carbons (Fsp3) is 0.579. The van der Waals surface area contributed by atoms with E-state index in [2.05, 4.69) is 10.6 Å². The van der Waals surface area contributed by atoms with E-state index in [9.17, 15) is 9.59 Å². The molecule has 0 bridgehead atoms. The van der Waals surface area contributed by atoms with Crippen LogP contribution in [0, 0.1) is 5.92 Å². The van der Waals surface area contributed by atoms with Gasteiger partial charge in [-0.05, 0) is 43.9 Å². The van der Waals surface area contributed by atoms with Crippen molar-refractivity contribution in [3.8, 4) is 0 Å². The molecule has 24 heavy (non-hydrogen) atoms. The molecule has 1 fully saturated rings. The highest BCUT2D eigenvalue weighted by Gasteiger charge is 2.37. The lowest BCUT2D eigenvalue weighted by Crippen LogP contribution is -2.52. The number of carbonyl (C=O) groups is 2. The van der Waals surface area contributed by atoms with Gasteiger partial charge in [-0.1, -0.05) is 31.9 Å². The van der Waals surface area contributed by atoms with Crippen molar-refractivity contribution < 1.29 is 9.59 Å². The number of amides is 2. The Morgan fingerprint density at radius 3 is 2.79 bits per heavy atom. The monoisotopic (exact) mass is 331 g/mol. The van der Waals surface area contributed by atoms with Gasteiger partial charge in [-0.2, -0.15) is 0 Å². The van der Waals surface area contributed by atoms with E-state index in [1.807, 2.05) is 32.0 Å². The molecule has 2 atom stereocenters. The van der Waals surface area contributed by atoms with Gasteiger partial charge in [0.05, 0.1) is 5.92 Å². The standard InChI is InChI=1S/C19H29N3O2/c1-3-11-21-17(23)15-8-6-7-14(12-15)13-22-18(24)16-9-4-5-10-19(16,2)20/h6-8,12,16H,3-5,9-11,13,20H2,1-2H3,(H,21,23)(H,22,24). The van der Waals surface area contributed by atoms with Crippen molar-refractivity contribution >= 4 is 11.8 Å². The third kappa shape index (κ3) is 4.81. The van der Waals surface area contributed by atoms with Crippen molar-refractivity contribution in [2.24, 2.45) is 11.7 Å². The summed E-state index contributed by atoms with van der Waals surface area (Å²) in [6.07, 6.45) is 4.78. The van der Waals surface area contributed by atoms with Crippen molar-refractivity contribution in [1.82, 2.24) is 10.6 Å². The molecule has 2 unspecified atom stereocenters. The van der Waals surface area contributed by atoms with Gasteiger partial charge < -0.3 is 16.4 Å². The Hall–Kier alpha value is -1.88. The van der Waals surface area contributed by atoms with Gasteiger partial charge in [0.1, 0.15) is 0 Å². The molecule has 1 aromatic rings. The van der Waals surface area contributed by atoms with Crippen molar-refractivity contribution in [1.29, 1.82) is 0 Å². The molecule has 1 aliphatic rings. The summed E-state index contributed by atoms with van der Waals surface area (Å²) in [6, 6.07) is 7.37. The Morgan fingerprint density at radius 2 is 2.08 bits per heavy atom. The van der Waals surface area contributed by atoms with Crippen LogP contribution in [0.25, 0.3) is 0 Å². The lowest BCUT2D eigenvalue weighted by atomic mass is 9.74. The molecule has 0 heterocycles. The van der Waals surface area contributed by atoms with Crippen molar-refractivity contribution in [3.63, 3.8) is 0 Å². The summed E-state index contributed by atoms with van der Waals surface area (Å²) >= 11 is 0. The summed E-state index contributed by atoms with van der Waals surface area (Å²) in [4.78, 5) is 24.5. The largest absolute Gasteiger partial charge is 0.352 e. The third-order valence-electron chi connectivity index (χ3n) is 4.76. The Balaban J connectivity index is 1.94. The predicted molar refractivity (Wildman–Crippen MR) is 95.5 cm³/mol. The smallest absolute Gasteiger partial charge is 0.251 e. The van der Waals surface area contributed by atoms with E-state index in [1.165, 1.54) is 0 Å². The van der Waals surface area contributed by atoms with E-state index < -0.39 is 5.54 Å². The zero-order valence-electron chi connectivity index (χ0n) is 14.7. The van der Waals surface area contributed by atoms with Crippen molar-refractivity contribution in [2.75, 3.05) is 6.54 Å². The van der Waals surface area contributed by atoms with E-state index in [4.69, 9.17) is 5.73 Å². The van der Waals surface area contributed by atoms with Crippen molar-refractivity contribution in [3.05, 3.63) is 35.4 Å². The van der Waals surface area contributed by atoms with Crippen LogP contribution in [0.1, 0.15) is 61.9 Å². The van der Waals surface area contributed by atoms with Gasteiger partial charge in [-0.25, -0.2) is 0 Å². The minimum Gasteiger partial charge on any atom is -0.352 e. The average Bonchev–Trinajstić information content (AvgIpc) is 2.57. The SMILES string of the molecule is CCCNC(=O)c1cccc(CNC(=O)C2CCCCC2(C)N)c1. The van der Waals surface area contributed by atoms with Gasteiger partial charge >= 0.3 is 0 Å². The summed E-state index contributed by atoms with van der Waals surface area (Å²) in [6.45, 7) is 5.06. The first kappa shape index (κ1) is 18.5. The van der Waals surface area contributed by atoms with E-state index in [-0.39, 0.29) is 17.7 Å². The Morgan fingerprint density at radius 1 is 1.29 bits per heavy atom. The zero-order valence-corrected chi connectivity index (χ0v) is 14.7. The fourth-order valence-corrected chi connectivity index (χ4v) is 3.26. The van der Waals surface area contributed by atoms with Crippen LogP contribution in [-0.4, -0.2) is 23.9 Å². The highest BCUT2D eigenvalue weighted by atomic mass is 16.2. The zero-order chi connectivity index (χ0) is 17.6. The van der Waals surface area contributed by atoms with Gasteiger partial charge in [0.2, 0.25) is 5.91 Å². The molecule has 1 saturated carbocycles. The summed E-state index contributed by atoms with van der Waals surface area (Å²) < 4.78 is 0. The van der Waals surface area contributed by atoms with Crippen LogP contribution in [0.3, 0.4) is 0 Å². The van der Waals surface area contributed by atoms with E-state index in [1.54, 1.807) is 6.07 Å². The second-order valence-corrected chi connectivity index (χ2v) is 6.98. The van der Waals surface area contributed by atoms with Crippen LogP contribution in [0.4, 0.5) is 0 Å². The predicted octanol–water partition coefficient (Wildman–Crippen LogP) is 2.35. The van der Waals surface area contributed by atoms with Gasteiger partial charge in [0.25, 0.3) is 5.91 Å². The highest BCUT2D eigenvalue weighted by molar-refractivity contribution is 5.94. The molecular formula is C19H29N3O2. The van der Waals surface area contributed by atoms with Gasteiger partial charge in [-0.3, -0.25) is 9.59 Å². The Kier molecular flexibility index (Phi) is 6.37. The average molecular weight is 331 g/mol. The Bertz CT molecular complexity index is 584. The second kappa shape index (κ2) is 8.29. The van der Waals surface area contributed by atoms with Gasteiger partial charge in [0.15, 0.2) is 0 Å². The second-order valence-electron chi connectivity index (χ2n) is 6.98. The van der Waals surface area contributed by atoms with Crippen LogP contribution in [0.2, 0.25) is 0 Å². The van der Waals surface area contributed by atoms with Gasteiger partial charge in [-0.15, -0.1) is 0 Å². The first-order valence-electron chi connectivity index (χ1n) is 8.88. The first-order valence-corrected chi connectivity index (χ1v) is 8.88. The molecule has 4 N–H and O–H groups in total. The normalized spacial score (nSPS) is 23.5. The number of hydrogen-bond donors (Lipinski definition) is 3. The molecule has 2 amide bonds. The van der Waals surface area contributed by atoms with Gasteiger partial charge in [0, 0.05) is 24.2 Å². The molecule has 1 aromatic carbocycles.